The van der Waals surface area contributed by atoms with E-state index < -0.39 is 0 Å². The summed E-state index contributed by atoms with van der Waals surface area (Å²) >= 11 is 0. The van der Waals surface area contributed by atoms with E-state index in [1.165, 1.54) is 128 Å². The molecule has 0 saturated heterocycles. The lowest BCUT2D eigenvalue weighted by Crippen LogP contribution is -2.61. The Morgan fingerprint density at radius 3 is 0.882 bits per heavy atom. The monoisotopic (exact) mass is 1100 g/mol. The molecule has 0 fully saturated rings. The molecule has 3 heteroatoms. The number of nitrogens with zero attached hydrogens (tertiary/aromatic N) is 2. The molecule has 2 nitrogen and oxygen atoms in total. The second kappa shape index (κ2) is 21.0. The van der Waals surface area contributed by atoms with Crippen molar-refractivity contribution < 1.29 is 0 Å². The zero-order valence-corrected chi connectivity index (χ0v) is 51.6. The topological polar surface area (TPSA) is 6.48 Å². The SMILES string of the molecule is CC(C)(C)c1ccc(-c2ccccc2-c2ccc3c(c2)B2c4cc(-c5ccccc5-c5ccc(C(C)(C)C)cc5)ccc4N(c4ccccc4-c4ccccc4C(C)(C)C)c4cccc(c42)N3c2ccccc2-c2ccccc2C(C)(C)C)cc1. The highest BCUT2D eigenvalue weighted by molar-refractivity contribution is 7.00. The number of rotatable bonds is 8. The molecule has 85 heavy (non-hydrogen) atoms. The van der Waals surface area contributed by atoms with Gasteiger partial charge in [0.05, 0.1) is 11.4 Å². The number of benzene rings is 11. The molecule has 0 N–H and O–H groups in total. The second-order valence-electron chi connectivity index (χ2n) is 27.7. The molecule has 0 radical (unpaired) electrons. The van der Waals surface area contributed by atoms with Crippen LogP contribution in [-0.4, -0.2) is 6.71 Å². The van der Waals surface area contributed by atoms with Crippen molar-refractivity contribution in [3.63, 3.8) is 0 Å². The molecule has 11 aromatic carbocycles. The first-order chi connectivity index (χ1) is 40.7. The summed E-state index contributed by atoms with van der Waals surface area (Å²) in [4.78, 5) is 5.20. The summed E-state index contributed by atoms with van der Waals surface area (Å²) in [6.45, 7) is 27.6. The van der Waals surface area contributed by atoms with Crippen molar-refractivity contribution in [2.24, 2.45) is 0 Å². The maximum atomic E-state index is 2.60. The van der Waals surface area contributed by atoms with Crippen molar-refractivity contribution in [3.8, 4) is 66.8 Å². The highest BCUT2D eigenvalue weighted by Gasteiger charge is 2.44. The number of anilines is 6. The first-order valence-corrected chi connectivity index (χ1v) is 30.5. The van der Waals surface area contributed by atoms with Gasteiger partial charge in [-0.2, -0.15) is 0 Å². The van der Waals surface area contributed by atoms with Crippen LogP contribution in [0.15, 0.2) is 249 Å². The van der Waals surface area contributed by atoms with Crippen LogP contribution in [-0.2, 0) is 21.7 Å². The van der Waals surface area contributed by atoms with Crippen molar-refractivity contribution in [3.05, 3.63) is 271 Å². The number of hydrogen-bond donors (Lipinski definition) is 0. The Hall–Kier alpha value is -8.92. The Morgan fingerprint density at radius 1 is 0.235 bits per heavy atom. The second-order valence-corrected chi connectivity index (χ2v) is 27.7. The van der Waals surface area contributed by atoms with E-state index >= 15 is 0 Å². The fourth-order valence-corrected chi connectivity index (χ4v) is 13.6. The van der Waals surface area contributed by atoms with E-state index in [0.29, 0.717) is 0 Å². The molecule has 11 aromatic rings. The first kappa shape index (κ1) is 55.3. The predicted octanol–water partition coefficient (Wildman–Crippen LogP) is 21.0. The third-order valence-corrected chi connectivity index (χ3v) is 17.9. The molecule has 2 aliphatic heterocycles. The quantitative estimate of drug-likeness (QED) is 0.140. The van der Waals surface area contributed by atoms with Crippen molar-refractivity contribution in [1.82, 2.24) is 0 Å². The van der Waals surface area contributed by atoms with Crippen molar-refractivity contribution in [2.45, 2.75) is 105 Å². The van der Waals surface area contributed by atoms with Crippen molar-refractivity contribution in [1.29, 1.82) is 0 Å². The average Bonchev–Trinajstić information content (AvgIpc) is 0.839. The molecule has 2 heterocycles. The zero-order chi connectivity index (χ0) is 59.2. The smallest absolute Gasteiger partial charge is 0.252 e. The number of fused-ring (bicyclic) bond motifs is 4. The minimum absolute atomic E-state index is 0.0511. The Labute approximate surface area is 506 Å². The van der Waals surface area contributed by atoms with Gasteiger partial charge in [0.1, 0.15) is 0 Å². The third-order valence-electron chi connectivity index (χ3n) is 17.9. The maximum Gasteiger partial charge on any atom is 0.252 e. The summed E-state index contributed by atoms with van der Waals surface area (Å²) in [6, 6.07) is 94.6. The molecule has 0 aliphatic carbocycles. The summed E-state index contributed by atoms with van der Waals surface area (Å²) in [6.07, 6.45) is 0. The van der Waals surface area contributed by atoms with E-state index in [1.54, 1.807) is 0 Å². The van der Waals surface area contributed by atoms with Gasteiger partial charge in [-0.25, -0.2) is 0 Å². The lowest BCUT2D eigenvalue weighted by Gasteiger charge is -2.45. The Morgan fingerprint density at radius 2 is 0.529 bits per heavy atom. The molecule has 0 saturated carbocycles. The van der Waals surface area contributed by atoms with Crippen LogP contribution in [0.25, 0.3) is 66.8 Å². The molecule has 0 amide bonds. The zero-order valence-electron chi connectivity index (χ0n) is 51.6. The molecule has 0 bridgehead atoms. The molecule has 418 valence electrons. The van der Waals surface area contributed by atoms with Crippen molar-refractivity contribution >= 4 is 57.2 Å². The van der Waals surface area contributed by atoms with E-state index in [-0.39, 0.29) is 28.4 Å². The maximum absolute atomic E-state index is 2.60. The van der Waals surface area contributed by atoms with E-state index in [1.807, 2.05) is 0 Å². The normalized spacial score (nSPS) is 13.1. The minimum atomic E-state index is -0.150. The molecular formula is C82H77BN2. The lowest BCUT2D eigenvalue weighted by molar-refractivity contribution is 0.590. The highest BCUT2D eigenvalue weighted by Crippen LogP contribution is 2.51. The Balaban J connectivity index is 1.11. The average molecular weight is 1100 g/mol. The molecule has 0 spiro atoms. The fraction of sp³-hybridized carbons (Fsp3) is 0.195. The Bertz CT molecular complexity index is 4070. The van der Waals surface area contributed by atoms with Crippen LogP contribution in [0.3, 0.4) is 0 Å². The molecule has 0 atom stereocenters. The summed E-state index contributed by atoms with van der Waals surface area (Å²) in [5.41, 5.74) is 30.6. The van der Waals surface area contributed by atoms with Gasteiger partial charge in [0.2, 0.25) is 0 Å². The third kappa shape index (κ3) is 9.92. The van der Waals surface area contributed by atoms with Gasteiger partial charge in [-0.05, 0) is 152 Å². The standard InChI is InChI=1S/C82H77BN2/c1-79(2,3)58-46-40-54(41-47-58)60-26-13-15-28-62(60)56-44-50-74-70(52-56)83-71-53-57(63-29-16-14-27-61(63)55-42-48-59(49-43-55)80(4,5)6)45-51-75(71)85(73-37-24-20-33-67(73)65-31-18-22-35-69(65)82(10,11)12)77-39-25-38-76(78(77)83)84(74)72-36-23-19-32-66(72)64-30-17-21-34-68(64)81(7,8)9/h13-53H,1-12H3. The van der Waals surface area contributed by atoms with Gasteiger partial charge in [0.15, 0.2) is 0 Å². The summed E-state index contributed by atoms with van der Waals surface area (Å²) in [5, 5.41) is 0. The molecule has 0 unspecified atom stereocenters. The van der Waals surface area contributed by atoms with E-state index in [4.69, 9.17) is 0 Å². The van der Waals surface area contributed by atoms with Gasteiger partial charge >= 0.3 is 0 Å². The minimum Gasteiger partial charge on any atom is -0.311 e. The molecular weight excluding hydrogens is 1020 g/mol. The van der Waals surface area contributed by atoms with Crippen LogP contribution in [0.4, 0.5) is 34.1 Å². The van der Waals surface area contributed by atoms with E-state index in [9.17, 15) is 0 Å². The van der Waals surface area contributed by atoms with Crippen molar-refractivity contribution in [2.75, 3.05) is 9.80 Å². The fourth-order valence-electron chi connectivity index (χ4n) is 13.6. The number of hydrogen-bond acceptors (Lipinski definition) is 2. The highest BCUT2D eigenvalue weighted by atomic mass is 15.2. The van der Waals surface area contributed by atoms with Gasteiger partial charge in [-0.3, -0.25) is 0 Å². The number of para-hydroxylation sites is 2. The van der Waals surface area contributed by atoms with Crippen LogP contribution >= 0.6 is 0 Å². The molecule has 0 aromatic heterocycles. The molecule has 2 aliphatic rings. The van der Waals surface area contributed by atoms with Crippen LogP contribution in [0.1, 0.15) is 105 Å². The van der Waals surface area contributed by atoms with Crippen LogP contribution in [0.2, 0.25) is 0 Å². The van der Waals surface area contributed by atoms with Gasteiger partial charge in [-0.1, -0.05) is 295 Å². The van der Waals surface area contributed by atoms with Gasteiger partial charge in [0.25, 0.3) is 6.71 Å². The van der Waals surface area contributed by atoms with Gasteiger partial charge in [0, 0.05) is 33.9 Å². The van der Waals surface area contributed by atoms with Crippen LogP contribution in [0.5, 0.6) is 0 Å². The largest absolute Gasteiger partial charge is 0.311 e. The summed E-state index contributed by atoms with van der Waals surface area (Å²) < 4.78 is 0. The van der Waals surface area contributed by atoms with E-state index in [2.05, 4.69) is 342 Å². The van der Waals surface area contributed by atoms with E-state index in [0.717, 1.165) is 11.4 Å². The van der Waals surface area contributed by atoms with Gasteiger partial charge in [-0.15, -0.1) is 0 Å². The van der Waals surface area contributed by atoms with Crippen LogP contribution in [0, 0.1) is 0 Å². The molecule has 13 rings (SSSR count). The van der Waals surface area contributed by atoms with Gasteiger partial charge < -0.3 is 9.80 Å². The predicted molar refractivity (Wildman–Crippen MR) is 368 cm³/mol. The summed E-state index contributed by atoms with van der Waals surface area (Å²) in [7, 11) is 0. The van der Waals surface area contributed by atoms with Crippen LogP contribution < -0.4 is 26.2 Å². The Kier molecular flexibility index (Phi) is 13.7. The first-order valence-electron chi connectivity index (χ1n) is 30.5. The lowest BCUT2D eigenvalue weighted by atomic mass is 9.33. The summed E-state index contributed by atoms with van der Waals surface area (Å²) in [5.74, 6) is 0.